The van der Waals surface area contributed by atoms with Crippen molar-refractivity contribution >= 4 is 18.2 Å². The molecule has 1 aromatic carbocycles. The van der Waals surface area contributed by atoms with Crippen molar-refractivity contribution in [1.82, 2.24) is 5.32 Å². The van der Waals surface area contributed by atoms with E-state index in [1.54, 1.807) is 5.32 Å². The quantitative estimate of drug-likeness (QED) is 0.418. The molecule has 0 fully saturated rings. The molecule has 0 radical (unpaired) electrons. The van der Waals surface area contributed by atoms with Gasteiger partial charge in [0, 0.05) is 6.21 Å². The van der Waals surface area contributed by atoms with Crippen LogP contribution in [0.1, 0.15) is 5.56 Å². The van der Waals surface area contributed by atoms with Gasteiger partial charge in [0.2, 0.25) is 0 Å². The molecule has 3 amide bonds. The lowest BCUT2D eigenvalue weighted by molar-refractivity contribution is -0.122. The highest BCUT2D eigenvalue weighted by molar-refractivity contribution is 5.99. The lowest BCUT2D eigenvalue weighted by atomic mass is 10.2. The van der Waals surface area contributed by atoms with E-state index in [2.05, 4.69) is 4.99 Å². The number of phenols is 2. The summed E-state index contributed by atoms with van der Waals surface area (Å²) in [6.45, 7) is -0.804. The minimum absolute atomic E-state index is 0.290. The zero-order valence-electron chi connectivity index (χ0n) is 8.62. The van der Waals surface area contributed by atoms with E-state index in [0.29, 0.717) is 5.56 Å². The molecule has 1 aromatic rings. The minimum Gasteiger partial charge on any atom is -0.504 e. The molecule has 90 valence electrons. The number of nitrogens with zero attached hydrogens (tertiary/aromatic N) is 1. The average molecular weight is 238 g/mol. The standard InChI is InChI=1S/C10H10N2O5/c13-5-9(16)12-10(17)11-4-6-1-2-7(14)8(15)3-6/h1-4,13-15H,5H2,(H,12,16,17). The number of amides is 3. The van der Waals surface area contributed by atoms with Crippen LogP contribution in [0.25, 0.3) is 0 Å². The molecule has 17 heavy (non-hydrogen) atoms. The second-order valence-electron chi connectivity index (χ2n) is 3.02. The van der Waals surface area contributed by atoms with Crippen LogP contribution in [0.4, 0.5) is 4.79 Å². The van der Waals surface area contributed by atoms with E-state index in [1.165, 1.54) is 18.2 Å². The van der Waals surface area contributed by atoms with Crippen LogP contribution in [0.15, 0.2) is 23.2 Å². The van der Waals surface area contributed by atoms with E-state index in [1.807, 2.05) is 0 Å². The number of hydrogen-bond acceptors (Lipinski definition) is 5. The number of aliphatic hydroxyl groups is 1. The van der Waals surface area contributed by atoms with Crippen molar-refractivity contribution in [2.45, 2.75) is 0 Å². The van der Waals surface area contributed by atoms with Gasteiger partial charge in [-0.1, -0.05) is 0 Å². The van der Waals surface area contributed by atoms with Crippen LogP contribution in [0.3, 0.4) is 0 Å². The largest absolute Gasteiger partial charge is 0.504 e. The van der Waals surface area contributed by atoms with E-state index < -0.39 is 18.5 Å². The van der Waals surface area contributed by atoms with Crippen LogP contribution >= 0.6 is 0 Å². The van der Waals surface area contributed by atoms with Crippen molar-refractivity contribution in [3.05, 3.63) is 23.8 Å². The summed E-state index contributed by atoms with van der Waals surface area (Å²) in [5.41, 5.74) is 0.367. The number of aliphatic imine (C=N–C) groups is 1. The second-order valence-corrected chi connectivity index (χ2v) is 3.02. The zero-order chi connectivity index (χ0) is 12.8. The molecule has 0 aliphatic carbocycles. The van der Waals surface area contributed by atoms with E-state index >= 15 is 0 Å². The maximum Gasteiger partial charge on any atom is 0.347 e. The van der Waals surface area contributed by atoms with E-state index in [0.717, 1.165) is 6.21 Å². The summed E-state index contributed by atoms with van der Waals surface area (Å²) in [6, 6.07) is 2.91. The fourth-order valence-corrected chi connectivity index (χ4v) is 0.945. The summed E-state index contributed by atoms with van der Waals surface area (Å²) < 4.78 is 0. The van der Waals surface area contributed by atoms with Gasteiger partial charge in [0.1, 0.15) is 6.61 Å². The van der Waals surface area contributed by atoms with E-state index in [9.17, 15) is 9.59 Å². The van der Waals surface area contributed by atoms with Gasteiger partial charge in [-0.05, 0) is 23.8 Å². The Morgan fingerprint density at radius 3 is 2.59 bits per heavy atom. The topological polar surface area (TPSA) is 119 Å². The number of nitrogens with one attached hydrogen (secondary N) is 1. The van der Waals surface area contributed by atoms with Crippen LogP contribution in [0, 0.1) is 0 Å². The van der Waals surface area contributed by atoms with Crippen molar-refractivity contribution in [3.63, 3.8) is 0 Å². The van der Waals surface area contributed by atoms with E-state index in [4.69, 9.17) is 15.3 Å². The van der Waals surface area contributed by atoms with Gasteiger partial charge in [-0.25, -0.2) is 9.79 Å². The Labute approximate surface area is 96.0 Å². The van der Waals surface area contributed by atoms with Crippen molar-refractivity contribution in [3.8, 4) is 11.5 Å². The minimum atomic E-state index is -0.934. The number of urea groups is 1. The first kappa shape index (κ1) is 12.7. The molecular formula is C10H10N2O5. The number of carbonyl (C=O) groups is 2. The second kappa shape index (κ2) is 5.61. The number of hydrogen-bond donors (Lipinski definition) is 4. The van der Waals surface area contributed by atoms with Crippen LogP contribution in [0.2, 0.25) is 0 Å². The van der Waals surface area contributed by atoms with Crippen LogP contribution in [-0.4, -0.2) is 40.1 Å². The Hall–Kier alpha value is -2.41. The molecule has 0 atom stereocenters. The molecule has 1 rings (SSSR count). The summed E-state index contributed by atoms with van der Waals surface area (Å²) in [6.07, 6.45) is 1.10. The van der Waals surface area contributed by atoms with Gasteiger partial charge in [-0.2, -0.15) is 0 Å². The maximum absolute atomic E-state index is 11.0. The van der Waals surface area contributed by atoms with Gasteiger partial charge in [0.25, 0.3) is 5.91 Å². The predicted octanol–water partition coefficient (Wildman–Crippen LogP) is -0.255. The third-order valence-corrected chi connectivity index (χ3v) is 1.72. The first-order valence-electron chi connectivity index (χ1n) is 4.53. The molecule has 0 saturated carbocycles. The lowest BCUT2D eigenvalue weighted by Gasteiger charge is -1.98. The maximum atomic E-state index is 11.0. The number of rotatable bonds is 2. The zero-order valence-corrected chi connectivity index (χ0v) is 8.62. The van der Waals surface area contributed by atoms with E-state index in [-0.39, 0.29) is 11.5 Å². The Kier molecular flexibility index (Phi) is 4.18. The number of phenolic OH excluding ortho intramolecular Hbond substituents is 2. The number of aliphatic hydroxyl groups excluding tert-OH is 1. The molecule has 4 N–H and O–H groups in total. The number of benzene rings is 1. The third-order valence-electron chi connectivity index (χ3n) is 1.72. The van der Waals surface area contributed by atoms with Gasteiger partial charge in [0.05, 0.1) is 0 Å². The summed E-state index contributed by atoms with van der Waals surface area (Å²) in [5, 5.41) is 28.3. The molecular weight excluding hydrogens is 228 g/mol. The molecule has 7 heteroatoms. The summed E-state index contributed by atoms with van der Waals surface area (Å²) in [5.74, 6) is -1.50. The van der Waals surface area contributed by atoms with Crippen molar-refractivity contribution in [2.75, 3.05) is 6.61 Å². The van der Waals surface area contributed by atoms with Gasteiger partial charge in [-0.3, -0.25) is 10.1 Å². The molecule has 0 aliphatic rings. The first-order chi connectivity index (χ1) is 8.02. The SMILES string of the molecule is O=C(CO)NC(=O)N=Cc1ccc(O)c(O)c1. The number of imide groups is 1. The van der Waals surface area contributed by atoms with Crippen molar-refractivity contribution in [2.24, 2.45) is 4.99 Å². The lowest BCUT2D eigenvalue weighted by Crippen LogP contribution is -2.30. The van der Waals surface area contributed by atoms with Crippen LogP contribution in [0.5, 0.6) is 11.5 Å². The van der Waals surface area contributed by atoms with Gasteiger partial charge in [0.15, 0.2) is 11.5 Å². The molecule has 0 bridgehead atoms. The number of carbonyl (C=O) groups excluding carboxylic acids is 2. The summed E-state index contributed by atoms with van der Waals surface area (Å²) in [7, 11) is 0. The van der Waals surface area contributed by atoms with Crippen molar-refractivity contribution in [1.29, 1.82) is 0 Å². The van der Waals surface area contributed by atoms with Gasteiger partial charge >= 0.3 is 6.03 Å². The number of aromatic hydroxyl groups is 2. The molecule has 0 saturated heterocycles. The Morgan fingerprint density at radius 2 is 2.00 bits per heavy atom. The summed E-state index contributed by atoms with van der Waals surface area (Å²) >= 11 is 0. The summed E-state index contributed by atoms with van der Waals surface area (Å²) in [4.78, 5) is 24.9. The monoisotopic (exact) mass is 238 g/mol. The van der Waals surface area contributed by atoms with Crippen molar-refractivity contribution < 1.29 is 24.9 Å². The smallest absolute Gasteiger partial charge is 0.347 e. The normalized spacial score (nSPS) is 10.4. The fourth-order valence-electron chi connectivity index (χ4n) is 0.945. The first-order valence-corrected chi connectivity index (χ1v) is 4.53. The molecule has 0 aliphatic heterocycles. The molecule has 7 nitrogen and oxygen atoms in total. The Morgan fingerprint density at radius 1 is 1.29 bits per heavy atom. The Bertz CT molecular complexity index is 470. The molecule has 0 unspecified atom stereocenters. The highest BCUT2D eigenvalue weighted by Crippen LogP contribution is 2.23. The highest BCUT2D eigenvalue weighted by Gasteiger charge is 2.03. The van der Waals surface area contributed by atoms with Crippen LogP contribution < -0.4 is 5.32 Å². The fraction of sp³-hybridized carbons (Fsp3) is 0.100. The molecule has 0 heterocycles. The van der Waals surface area contributed by atoms with Gasteiger partial charge in [-0.15, -0.1) is 0 Å². The van der Waals surface area contributed by atoms with Crippen LogP contribution in [-0.2, 0) is 4.79 Å². The molecule has 0 aromatic heterocycles. The highest BCUT2D eigenvalue weighted by atomic mass is 16.3. The Balaban J connectivity index is 2.67. The third kappa shape index (κ3) is 3.92. The molecule has 0 spiro atoms. The average Bonchev–Trinajstić information content (AvgIpc) is 2.30. The predicted molar refractivity (Wildman–Crippen MR) is 58.0 cm³/mol. The van der Waals surface area contributed by atoms with Gasteiger partial charge < -0.3 is 15.3 Å².